The number of oxime groups is 1. The molecule has 0 saturated heterocycles. The fourth-order valence-corrected chi connectivity index (χ4v) is 1.53. The summed E-state index contributed by atoms with van der Waals surface area (Å²) in [4.78, 5) is 0. The summed E-state index contributed by atoms with van der Waals surface area (Å²) in [7, 11) is 0. The van der Waals surface area contributed by atoms with Gasteiger partial charge in [0.05, 0.1) is 5.71 Å². The minimum Gasteiger partial charge on any atom is -0.491 e. The lowest BCUT2D eigenvalue weighted by atomic mass is 10.1. The van der Waals surface area contributed by atoms with E-state index < -0.39 is 6.10 Å². The number of rotatable bonds is 6. The number of nitrogens with one attached hydrogen (secondary N) is 1. The minimum absolute atomic E-state index is 0.0240. The Balaban J connectivity index is 2.42. The number of ether oxygens (including phenoxy) is 1. The summed E-state index contributed by atoms with van der Waals surface area (Å²) in [5.41, 5.74) is 1.35. The van der Waals surface area contributed by atoms with E-state index in [0.29, 0.717) is 18.0 Å². The van der Waals surface area contributed by atoms with Gasteiger partial charge in [0.1, 0.15) is 18.5 Å². The molecule has 3 N–H and O–H groups in total. The molecular formula is C15H24N2O3. The lowest BCUT2D eigenvalue weighted by molar-refractivity contribution is 0.100. The molecular weight excluding hydrogens is 256 g/mol. The molecule has 0 aliphatic carbocycles. The maximum atomic E-state index is 9.82. The van der Waals surface area contributed by atoms with Crippen molar-refractivity contribution in [3.8, 4) is 5.75 Å². The smallest absolute Gasteiger partial charge is 0.119 e. The van der Waals surface area contributed by atoms with E-state index in [0.717, 1.165) is 5.56 Å². The van der Waals surface area contributed by atoms with Crippen LogP contribution in [0, 0.1) is 0 Å². The SMILES string of the molecule is C/C(=N/O)c1ccc(OCC(O)CNC(C)(C)C)cc1. The molecule has 0 bridgehead atoms. The Hall–Kier alpha value is -1.59. The first-order valence-corrected chi connectivity index (χ1v) is 6.67. The number of hydrogen-bond acceptors (Lipinski definition) is 5. The number of aliphatic hydroxyl groups excluding tert-OH is 1. The van der Waals surface area contributed by atoms with Crippen LogP contribution in [-0.4, -0.2) is 40.8 Å². The molecule has 0 aliphatic heterocycles. The van der Waals surface area contributed by atoms with Crippen molar-refractivity contribution in [1.29, 1.82) is 0 Å². The van der Waals surface area contributed by atoms with Crippen molar-refractivity contribution in [2.45, 2.75) is 39.3 Å². The topological polar surface area (TPSA) is 74.1 Å². The molecule has 0 saturated carbocycles. The van der Waals surface area contributed by atoms with Gasteiger partial charge in [-0.3, -0.25) is 0 Å². The normalized spacial score (nSPS) is 14.2. The zero-order chi connectivity index (χ0) is 15.2. The molecule has 1 aromatic carbocycles. The fraction of sp³-hybridized carbons (Fsp3) is 0.533. The van der Waals surface area contributed by atoms with Crippen molar-refractivity contribution in [1.82, 2.24) is 5.32 Å². The van der Waals surface area contributed by atoms with Crippen LogP contribution in [0.4, 0.5) is 0 Å². The van der Waals surface area contributed by atoms with E-state index in [1.54, 1.807) is 19.1 Å². The highest BCUT2D eigenvalue weighted by Crippen LogP contribution is 2.13. The van der Waals surface area contributed by atoms with Crippen LogP contribution < -0.4 is 10.1 Å². The average molecular weight is 280 g/mol. The number of benzene rings is 1. The van der Waals surface area contributed by atoms with Crippen LogP contribution in [0.15, 0.2) is 29.4 Å². The summed E-state index contributed by atoms with van der Waals surface area (Å²) in [6.07, 6.45) is -0.561. The number of hydrogen-bond donors (Lipinski definition) is 3. The Morgan fingerprint density at radius 1 is 1.30 bits per heavy atom. The predicted molar refractivity (Wildman–Crippen MR) is 79.7 cm³/mol. The Morgan fingerprint density at radius 2 is 1.90 bits per heavy atom. The minimum atomic E-state index is -0.561. The van der Waals surface area contributed by atoms with Crippen molar-refractivity contribution < 1.29 is 15.1 Å². The van der Waals surface area contributed by atoms with Gasteiger partial charge in [0.25, 0.3) is 0 Å². The largest absolute Gasteiger partial charge is 0.491 e. The third kappa shape index (κ3) is 6.04. The Labute approximate surface area is 120 Å². The molecule has 1 aromatic rings. The molecule has 0 radical (unpaired) electrons. The molecule has 0 heterocycles. The van der Waals surface area contributed by atoms with Crippen LogP contribution in [0.1, 0.15) is 33.3 Å². The van der Waals surface area contributed by atoms with Crippen molar-refractivity contribution in [3.05, 3.63) is 29.8 Å². The predicted octanol–water partition coefficient (Wildman–Crippen LogP) is 2.01. The fourth-order valence-electron chi connectivity index (χ4n) is 1.53. The zero-order valence-corrected chi connectivity index (χ0v) is 12.6. The number of nitrogens with zero attached hydrogens (tertiary/aromatic N) is 1. The van der Waals surface area contributed by atoms with Crippen LogP contribution in [0.5, 0.6) is 5.75 Å². The quantitative estimate of drug-likeness (QED) is 0.423. The monoisotopic (exact) mass is 280 g/mol. The van der Waals surface area contributed by atoms with Gasteiger partial charge in [-0.15, -0.1) is 0 Å². The summed E-state index contributed by atoms with van der Waals surface area (Å²) in [5, 5.41) is 24.8. The molecule has 1 rings (SSSR count). The van der Waals surface area contributed by atoms with Gasteiger partial charge in [-0.25, -0.2) is 0 Å². The molecule has 1 atom stereocenters. The van der Waals surface area contributed by atoms with E-state index in [-0.39, 0.29) is 12.1 Å². The van der Waals surface area contributed by atoms with Crippen molar-refractivity contribution in [2.24, 2.45) is 5.16 Å². The summed E-state index contributed by atoms with van der Waals surface area (Å²) >= 11 is 0. The summed E-state index contributed by atoms with van der Waals surface area (Å²) in [6.45, 7) is 8.57. The molecule has 0 spiro atoms. The van der Waals surface area contributed by atoms with Crippen LogP contribution in [0.2, 0.25) is 0 Å². The Bertz CT molecular complexity index is 435. The second kappa shape index (κ2) is 7.26. The molecule has 5 heteroatoms. The first kappa shape index (κ1) is 16.5. The zero-order valence-electron chi connectivity index (χ0n) is 12.6. The van der Waals surface area contributed by atoms with E-state index >= 15 is 0 Å². The van der Waals surface area contributed by atoms with Crippen molar-refractivity contribution >= 4 is 5.71 Å². The lowest BCUT2D eigenvalue weighted by Gasteiger charge is -2.22. The van der Waals surface area contributed by atoms with Crippen LogP contribution >= 0.6 is 0 Å². The molecule has 0 fully saturated rings. The van der Waals surface area contributed by atoms with Gasteiger partial charge in [0.15, 0.2) is 0 Å². The van der Waals surface area contributed by atoms with Gasteiger partial charge in [0.2, 0.25) is 0 Å². The third-order valence-corrected chi connectivity index (χ3v) is 2.73. The first-order chi connectivity index (χ1) is 9.31. The van der Waals surface area contributed by atoms with Crippen molar-refractivity contribution in [3.63, 3.8) is 0 Å². The van der Waals surface area contributed by atoms with Gasteiger partial charge >= 0.3 is 0 Å². The van der Waals surface area contributed by atoms with Crippen LogP contribution in [-0.2, 0) is 0 Å². The molecule has 0 aliphatic rings. The highest BCUT2D eigenvalue weighted by atomic mass is 16.5. The van der Waals surface area contributed by atoms with E-state index in [1.165, 1.54) is 0 Å². The Morgan fingerprint density at radius 3 is 2.40 bits per heavy atom. The van der Waals surface area contributed by atoms with Gasteiger partial charge in [-0.05, 0) is 57.5 Å². The van der Waals surface area contributed by atoms with Crippen LogP contribution in [0.25, 0.3) is 0 Å². The van der Waals surface area contributed by atoms with Gasteiger partial charge in [-0.1, -0.05) is 5.16 Å². The van der Waals surface area contributed by atoms with Crippen molar-refractivity contribution in [2.75, 3.05) is 13.2 Å². The second-order valence-electron chi connectivity index (χ2n) is 5.81. The highest BCUT2D eigenvalue weighted by Gasteiger charge is 2.12. The summed E-state index contributed by atoms with van der Waals surface area (Å²) in [5.74, 6) is 0.675. The number of β-amino-alcohol motifs (C(OH)–C–C–N with tert-alkyl or cyclic N) is 1. The third-order valence-electron chi connectivity index (χ3n) is 2.73. The van der Waals surface area contributed by atoms with Crippen LogP contribution in [0.3, 0.4) is 0 Å². The molecule has 1 unspecified atom stereocenters. The molecule has 112 valence electrons. The van der Waals surface area contributed by atoms with E-state index in [4.69, 9.17) is 9.94 Å². The van der Waals surface area contributed by atoms with Gasteiger partial charge < -0.3 is 20.4 Å². The van der Waals surface area contributed by atoms with E-state index in [2.05, 4.69) is 10.5 Å². The van der Waals surface area contributed by atoms with E-state index in [1.807, 2.05) is 32.9 Å². The molecule has 0 aromatic heterocycles. The summed E-state index contributed by atoms with van der Waals surface area (Å²) in [6, 6.07) is 7.19. The second-order valence-corrected chi connectivity index (χ2v) is 5.81. The number of aliphatic hydroxyl groups is 1. The molecule has 0 amide bonds. The lowest BCUT2D eigenvalue weighted by Crippen LogP contribution is -2.42. The maximum absolute atomic E-state index is 9.82. The highest BCUT2D eigenvalue weighted by molar-refractivity contribution is 5.98. The molecule has 5 nitrogen and oxygen atoms in total. The first-order valence-electron chi connectivity index (χ1n) is 6.67. The van der Waals surface area contributed by atoms with E-state index in [9.17, 15) is 5.11 Å². The molecule has 20 heavy (non-hydrogen) atoms. The van der Waals surface area contributed by atoms with Gasteiger partial charge in [0, 0.05) is 12.1 Å². The van der Waals surface area contributed by atoms with Gasteiger partial charge in [-0.2, -0.15) is 0 Å². The standard InChI is InChI=1S/C15H24N2O3/c1-11(17-19)12-5-7-14(8-6-12)20-10-13(18)9-16-15(2,3)4/h5-8,13,16,18-19H,9-10H2,1-4H3/b17-11-. The maximum Gasteiger partial charge on any atom is 0.119 e. The summed E-state index contributed by atoms with van der Waals surface area (Å²) < 4.78 is 5.51. The average Bonchev–Trinajstić information content (AvgIpc) is 2.41. The Kier molecular flexibility index (Phi) is 5.98.